The first-order valence-corrected chi connectivity index (χ1v) is 8.50. The monoisotopic (exact) mass is 305 g/mol. The summed E-state index contributed by atoms with van der Waals surface area (Å²) in [5, 5.41) is 4.67. The first-order valence-electron chi connectivity index (χ1n) is 7.68. The van der Waals surface area contributed by atoms with E-state index in [2.05, 4.69) is 12.2 Å². The third-order valence-electron chi connectivity index (χ3n) is 4.21. The van der Waals surface area contributed by atoms with Crippen LogP contribution in [0.2, 0.25) is 0 Å². The molecule has 0 aliphatic heterocycles. The SMILES string of the molecule is CCNc1nc(C(C)(C)OC)nc2sc3c(c12)CCCC3. The van der Waals surface area contributed by atoms with Gasteiger partial charge in [0.05, 0.1) is 5.39 Å². The van der Waals surface area contributed by atoms with E-state index in [4.69, 9.17) is 14.7 Å². The van der Waals surface area contributed by atoms with E-state index in [1.807, 2.05) is 25.2 Å². The molecule has 0 spiro atoms. The van der Waals surface area contributed by atoms with Gasteiger partial charge in [0.15, 0.2) is 5.82 Å². The highest BCUT2D eigenvalue weighted by molar-refractivity contribution is 7.19. The number of nitrogens with one attached hydrogen (secondary N) is 1. The van der Waals surface area contributed by atoms with Crippen molar-refractivity contribution in [1.82, 2.24) is 9.97 Å². The summed E-state index contributed by atoms with van der Waals surface area (Å²) in [4.78, 5) is 12.2. The zero-order valence-electron chi connectivity index (χ0n) is 13.2. The summed E-state index contributed by atoms with van der Waals surface area (Å²) in [6.07, 6.45) is 4.91. The number of aromatic nitrogens is 2. The molecule has 0 radical (unpaired) electrons. The second-order valence-electron chi connectivity index (χ2n) is 6.03. The van der Waals surface area contributed by atoms with Crippen LogP contribution in [0.4, 0.5) is 5.82 Å². The normalized spacial score (nSPS) is 15.2. The molecule has 3 rings (SSSR count). The Hall–Kier alpha value is -1.20. The quantitative estimate of drug-likeness (QED) is 0.931. The number of nitrogens with zero attached hydrogens (tertiary/aromatic N) is 2. The van der Waals surface area contributed by atoms with Gasteiger partial charge in [-0.05, 0) is 52.0 Å². The maximum atomic E-state index is 5.56. The highest BCUT2D eigenvalue weighted by Gasteiger charge is 2.27. The van der Waals surface area contributed by atoms with Crippen LogP contribution in [0, 0.1) is 0 Å². The first kappa shape index (κ1) is 14.7. The summed E-state index contributed by atoms with van der Waals surface area (Å²) in [5.74, 6) is 1.73. The van der Waals surface area contributed by atoms with Crippen molar-refractivity contribution >= 4 is 27.4 Å². The Labute approximate surface area is 129 Å². The predicted molar refractivity (Wildman–Crippen MR) is 88.3 cm³/mol. The minimum Gasteiger partial charge on any atom is -0.371 e. The maximum absolute atomic E-state index is 5.56. The summed E-state index contributed by atoms with van der Waals surface area (Å²) in [6, 6.07) is 0. The van der Waals surface area contributed by atoms with Gasteiger partial charge in [-0.1, -0.05) is 0 Å². The number of rotatable bonds is 4. The fourth-order valence-electron chi connectivity index (χ4n) is 2.81. The van der Waals surface area contributed by atoms with Gasteiger partial charge in [0.25, 0.3) is 0 Å². The predicted octanol–water partition coefficient (Wildman–Crippen LogP) is 3.88. The van der Waals surface area contributed by atoms with Gasteiger partial charge >= 0.3 is 0 Å². The van der Waals surface area contributed by atoms with Crippen LogP contribution in [0.1, 0.15) is 49.9 Å². The lowest BCUT2D eigenvalue weighted by atomic mass is 9.97. The van der Waals surface area contributed by atoms with E-state index < -0.39 is 5.60 Å². The third kappa shape index (κ3) is 2.53. The van der Waals surface area contributed by atoms with E-state index in [1.54, 1.807) is 7.11 Å². The highest BCUT2D eigenvalue weighted by Crippen LogP contribution is 2.39. The molecule has 1 aliphatic rings. The second kappa shape index (κ2) is 5.54. The Bertz CT molecular complexity index is 663. The van der Waals surface area contributed by atoms with Crippen molar-refractivity contribution in [3.05, 3.63) is 16.3 Å². The van der Waals surface area contributed by atoms with E-state index in [-0.39, 0.29) is 0 Å². The molecular weight excluding hydrogens is 282 g/mol. The van der Waals surface area contributed by atoms with E-state index in [0.29, 0.717) is 0 Å². The van der Waals surface area contributed by atoms with Crippen molar-refractivity contribution in [1.29, 1.82) is 0 Å². The lowest BCUT2D eigenvalue weighted by Crippen LogP contribution is -2.23. The van der Waals surface area contributed by atoms with Crippen LogP contribution < -0.4 is 5.32 Å². The number of hydrogen-bond donors (Lipinski definition) is 1. The molecule has 21 heavy (non-hydrogen) atoms. The molecule has 2 heterocycles. The standard InChI is InChI=1S/C16H23N3OS/c1-5-17-13-12-10-8-6-7-9-11(10)21-14(12)19-15(18-13)16(2,3)20-4/h5-9H2,1-4H3,(H,17,18,19). The molecule has 0 amide bonds. The lowest BCUT2D eigenvalue weighted by molar-refractivity contribution is 0.0119. The summed E-state index contributed by atoms with van der Waals surface area (Å²) < 4.78 is 5.56. The van der Waals surface area contributed by atoms with Crippen LogP contribution in [0.15, 0.2) is 0 Å². The largest absolute Gasteiger partial charge is 0.371 e. The molecule has 0 atom stereocenters. The van der Waals surface area contributed by atoms with Crippen LogP contribution >= 0.6 is 11.3 Å². The minimum atomic E-state index is -0.469. The van der Waals surface area contributed by atoms with Crippen molar-refractivity contribution in [3.63, 3.8) is 0 Å². The fourth-order valence-corrected chi connectivity index (χ4v) is 4.07. The average molecular weight is 305 g/mol. The van der Waals surface area contributed by atoms with Gasteiger partial charge in [0.2, 0.25) is 0 Å². The molecule has 2 aromatic rings. The highest BCUT2D eigenvalue weighted by atomic mass is 32.1. The van der Waals surface area contributed by atoms with Crippen LogP contribution in [0.3, 0.4) is 0 Å². The number of fused-ring (bicyclic) bond motifs is 3. The Kier molecular flexibility index (Phi) is 3.88. The molecule has 5 heteroatoms. The number of thiophene rings is 1. The molecule has 0 unspecified atom stereocenters. The number of aryl methyl sites for hydroxylation is 2. The number of ether oxygens (including phenoxy) is 1. The Morgan fingerprint density at radius 3 is 2.71 bits per heavy atom. The molecular formula is C16H23N3OS. The Morgan fingerprint density at radius 2 is 2.00 bits per heavy atom. The molecule has 114 valence electrons. The summed E-state index contributed by atoms with van der Waals surface area (Å²) in [7, 11) is 1.71. The zero-order chi connectivity index (χ0) is 15.0. The third-order valence-corrected chi connectivity index (χ3v) is 5.39. The van der Waals surface area contributed by atoms with E-state index in [1.165, 1.54) is 35.1 Å². The van der Waals surface area contributed by atoms with Crippen molar-refractivity contribution in [2.45, 2.75) is 52.1 Å². The van der Waals surface area contributed by atoms with Gasteiger partial charge in [-0.2, -0.15) is 0 Å². The molecule has 0 saturated heterocycles. The van der Waals surface area contributed by atoms with Crippen LogP contribution in [0.5, 0.6) is 0 Å². The van der Waals surface area contributed by atoms with Gasteiger partial charge in [0, 0.05) is 18.5 Å². The Morgan fingerprint density at radius 1 is 1.24 bits per heavy atom. The summed E-state index contributed by atoms with van der Waals surface area (Å²) >= 11 is 1.83. The molecule has 1 aliphatic carbocycles. The van der Waals surface area contributed by atoms with Crippen molar-refractivity contribution in [2.75, 3.05) is 19.0 Å². The number of anilines is 1. The molecule has 0 fully saturated rings. The lowest BCUT2D eigenvalue weighted by Gasteiger charge is -2.22. The van der Waals surface area contributed by atoms with Crippen LogP contribution in [-0.4, -0.2) is 23.6 Å². The minimum absolute atomic E-state index is 0.469. The summed E-state index contributed by atoms with van der Waals surface area (Å²) in [5.41, 5.74) is 1.00. The van der Waals surface area contributed by atoms with Gasteiger partial charge in [0.1, 0.15) is 16.2 Å². The Balaban J connectivity index is 2.23. The zero-order valence-corrected chi connectivity index (χ0v) is 14.1. The van der Waals surface area contributed by atoms with E-state index in [9.17, 15) is 0 Å². The van der Waals surface area contributed by atoms with Gasteiger partial charge in [-0.3, -0.25) is 0 Å². The van der Waals surface area contributed by atoms with Crippen molar-refractivity contribution < 1.29 is 4.74 Å². The molecule has 0 saturated carbocycles. The maximum Gasteiger partial charge on any atom is 0.163 e. The van der Waals surface area contributed by atoms with Crippen LogP contribution in [0.25, 0.3) is 10.2 Å². The topological polar surface area (TPSA) is 47.0 Å². The summed E-state index contributed by atoms with van der Waals surface area (Å²) in [6.45, 7) is 6.99. The number of hydrogen-bond acceptors (Lipinski definition) is 5. The van der Waals surface area contributed by atoms with Crippen LogP contribution in [-0.2, 0) is 23.2 Å². The number of methoxy groups -OCH3 is 1. The fraction of sp³-hybridized carbons (Fsp3) is 0.625. The molecule has 4 nitrogen and oxygen atoms in total. The van der Waals surface area contributed by atoms with Crippen molar-refractivity contribution in [2.24, 2.45) is 0 Å². The molecule has 1 N–H and O–H groups in total. The smallest absolute Gasteiger partial charge is 0.163 e. The average Bonchev–Trinajstić information content (AvgIpc) is 2.86. The molecule has 2 aromatic heterocycles. The molecule has 0 aromatic carbocycles. The molecule has 0 bridgehead atoms. The second-order valence-corrected chi connectivity index (χ2v) is 7.12. The first-order chi connectivity index (χ1) is 10.1. The van der Waals surface area contributed by atoms with Gasteiger partial charge in [-0.25, -0.2) is 9.97 Å². The van der Waals surface area contributed by atoms with E-state index in [0.717, 1.165) is 29.4 Å². The van der Waals surface area contributed by atoms with Crippen molar-refractivity contribution in [3.8, 4) is 0 Å². The van der Waals surface area contributed by atoms with E-state index >= 15 is 0 Å². The van der Waals surface area contributed by atoms with Gasteiger partial charge < -0.3 is 10.1 Å². The van der Waals surface area contributed by atoms with Gasteiger partial charge in [-0.15, -0.1) is 11.3 Å².